The molecule has 0 aliphatic rings. The number of hydrogen-bond acceptors (Lipinski definition) is 6. The lowest BCUT2D eigenvalue weighted by atomic mass is 9.80. The standard InChI is InChI=1S/C13H15BN2O3S/c1-10-8-15-13(16-9-10)20-7-6-19-12-4-2-11(3-5-12)14(17)18/h2-5,8-9,17-18H,6-7H2,1H3. The van der Waals surface area contributed by atoms with Gasteiger partial charge >= 0.3 is 7.12 Å². The van der Waals surface area contributed by atoms with Crippen LogP contribution in [0.25, 0.3) is 0 Å². The van der Waals surface area contributed by atoms with Crippen LogP contribution >= 0.6 is 11.8 Å². The van der Waals surface area contributed by atoms with Crippen LogP contribution in [0.15, 0.2) is 41.8 Å². The van der Waals surface area contributed by atoms with Crippen LogP contribution in [0.3, 0.4) is 0 Å². The second kappa shape index (κ2) is 7.28. The number of ether oxygens (including phenoxy) is 1. The molecular formula is C13H15BN2O3S. The molecule has 0 radical (unpaired) electrons. The first kappa shape index (κ1) is 14.8. The predicted molar refractivity (Wildman–Crippen MR) is 79.3 cm³/mol. The van der Waals surface area contributed by atoms with Crippen LogP contribution in [-0.4, -0.2) is 39.5 Å². The van der Waals surface area contributed by atoms with E-state index in [0.717, 1.165) is 16.5 Å². The van der Waals surface area contributed by atoms with Gasteiger partial charge in [-0.3, -0.25) is 0 Å². The van der Waals surface area contributed by atoms with Crippen LogP contribution in [0.1, 0.15) is 5.56 Å². The summed E-state index contributed by atoms with van der Waals surface area (Å²) in [5.74, 6) is 1.44. The Balaban J connectivity index is 1.74. The van der Waals surface area contributed by atoms with Gasteiger partial charge in [0.05, 0.1) is 6.61 Å². The summed E-state index contributed by atoms with van der Waals surface area (Å²) in [4.78, 5) is 8.39. The van der Waals surface area contributed by atoms with Crippen LogP contribution in [-0.2, 0) is 0 Å². The van der Waals surface area contributed by atoms with Crippen LogP contribution in [0.4, 0.5) is 0 Å². The Morgan fingerprint density at radius 3 is 2.40 bits per heavy atom. The normalized spacial score (nSPS) is 10.3. The summed E-state index contributed by atoms with van der Waals surface area (Å²) >= 11 is 1.53. The van der Waals surface area contributed by atoms with E-state index in [0.29, 0.717) is 17.8 Å². The molecule has 2 rings (SSSR count). The third-order valence-corrected chi connectivity index (χ3v) is 3.36. The predicted octanol–water partition coefficient (Wildman–Crippen LogP) is 0.636. The highest BCUT2D eigenvalue weighted by molar-refractivity contribution is 7.99. The van der Waals surface area contributed by atoms with Gasteiger partial charge in [-0.1, -0.05) is 23.9 Å². The van der Waals surface area contributed by atoms with E-state index in [1.54, 1.807) is 36.7 Å². The summed E-state index contributed by atoms with van der Waals surface area (Å²) in [6.07, 6.45) is 3.57. The first-order valence-electron chi connectivity index (χ1n) is 6.15. The molecular weight excluding hydrogens is 275 g/mol. The van der Waals surface area contributed by atoms with E-state index in [1.807, 2.05) is 6.92 Å². The fourth-order valence-corrected chi connectivity index (χ4v) is 2.09. The Hall–Kier alpha value is -1.57. The summed E-state index contributed by atoms with van der Waals surface area (Å²) in [6, 6.07) is 6.66. The zero-order valence-corrected chi connectivity index (χ0v) is 11.9. The second-order valence-electron chi connectivity index (χ2n) is 4.18. The molecule has 2 aromatic rings. The average molecular weight is 290 g/mol. The highest BCUT2D eigenvalue weighted by atomic mass is 32.2. The Morgan fingerprint density at radius 2 is 1.80 bits per heavy atom. The molecule has 7 heteroatoms. The van der Waals surface area contributed by atoms with E-state index in [4.69, 9.17) is 14.8 Å². The molecule has 1 aromatic carbocycles. The van der Waals surface area contributed by atoms with Gasteiger partial charge in [0.25, 0.3) is 0 Å². The summed E-state index contributed by atoms with van der Waals surface area (Å²) in [5.41, 5.74) is 1.48. The van der Waals surface area contributed by atoms with Crippen molar-refractivity contribution in [2.24, 2.45) is 0 Å². The number of nitrogens with zero attached hydrogens (tertiary/aromatic N) is 2. The zero-order chi connectivity index (χ0) is 14.4. The first-order chi connectivity index (χ1) is 9.65. The van der Waals surface area contributed by atoms with Gasteiger partial charge in [-0.15, -0.1) is 0 Å². The molecule has 0 unspecified atom stereocenters. The van der Waals surface area contributed by atoms with Crippen molar-refractivity contribution in [1.29, 1.82) is 0 Å². The number of aryl methyl sites for hydroxylation is 1. The minimum absolute atomic E-state index is 0.444. The molecule has 2 N–H and O–H groups in total. The molecule has 5 nitrogen and oxygen atoms in total. The van der Waals surface area contributed by atoms with Crippen molar-refractivity contribution in [2.45, 2.75) is 12.1 Å². The van der Waals surface area contributed by atoms with E-state index in [2.05, 4.69) is 9.97 Å². The first-order valence-corrected chi connectivity index (χ1v) is 7.14. The lowest BCUT2D eigenvalue weighted by Gasteiger charge is -2.06. The van der Waals surface area contributed by atoms with E-state index in [9.17, 15) is 0 Å². The Kier molecular flexibility index (Phi) is 5.40. The maximum absolute atomic E-state index is 8.97. The highest BCUT2D eigenvalue weighted by Gasteiger charge is 2.09. The number of hydrogen-bond donors (Lipinski definition) is 2. The Morgan fingerprint density at radius 1 is 1.15 bits per heavy atom. The summed E-state index contributed by atoms with van der Waals surface area (Å²) < 4.78 is 5.55. The summed E-state index contributed by atoms with van der Waals surface area (Å²) in [5, 5.41) is 18.7. The molecule has 0 aliphatic heterocycles. The van der Waals surface area contributed by atoms with Crippen LogP contribution in [0, 0.1) is 6.92 Å². The smallest absolute Gasteiger partial charge is 0.488 e. The molecule has 104 valence electrons. The quantitative estimate of drug-likeness (QED) is 0.352. The second-order valence-corrected chi connectivity index (χ2v) is 5.24. The molecule has 1 heterocycles. The fraction of sp³-hybridized carbons (Fsp3) is 0.231. The maximum Gasteiger partial charge on any atom is 0.488 e. The van der Waals surface area contributed by atoms with Crippen molar-refractivity contribution in [3.05, 3.63) is 42.2 Å². The van der Waals surface area contributed by atoms with Gasteiger partial charge in [0.1, 0.15) is 5.75 Å². The molecule has 0 fully saturated rings. The van der Waals surface area contributed by atoms with E-state index >= 15 is 0 Å². The fourth-order valence-electron chi connectivity index (χ4n) is 1.48. The molecule has 0 amide bonds. The number of aromatic nitrogens is 2. The minimum Gasteiger partial charge on any atom is -0.493 e. The van der Waals surface area contributed by atoms with Crippen molar-refractivity contribution >= 4 is 24.3 Å². The maximum atomic E-state index is 8.97. The number of rotatable bonds is 6. The largest absolute Gasteiger partial charge is 0.493 e. The van der Waals surface area contributed by atoms with Gasteiger partial charge in [-0.2, -0.15) is 0 Å². The number of thioether (sulfide) groups is 1. The third kappa shape index (κ3) is 4.52. The molecule has 0 saturated heterocycles. The molecule has 20 heavy (non-hydrogen) atoms. The van der Waals surface area contributed by atoms with E-state index in [-0.39, 0.29) is 0 Å². The van der Waals surface area contributed by atoms with Crippen molar-refractivity contribution < 1.29 is 14.8 Å². The molecule has 0 saturated carbocycles. The Labute approximate surface area is 122 Å². The molecule has 0 spiro atoms. The van der Waals surface area contributed by atoms with Crippen molar-refractivity contribution in [3.8, 4) is 5.75 Å². The highest BCUT2D eigenvalue weighted by Crippen LogP contribution is 2.13. The SMILES string of the molecule is Cc1cnc(SCCOc2ccc(B(O)O)cc2)nc1. The lowest BCUT2D eigenvalue weighted by Crippen LogP contribution is -2.29. The van der Waals surface area contributed by atoms with Crippen LogP contribution in [0.5, 0.6) is 5.75 Å². The van der Waals surface area contributed by atoms with Crippen molar-refractivity contribution in [3.63, 3.8) is 0 Å². The van der Waals surface area contributed by atoms with Gasteiger partial charge in [0, 0.05) is 18.1 Å². The average Bonchev–Trinajstić information content (AvgIpc) is 2.46. The van der Waals surface area contributed by atoms with Crippen LogP contribution in [0.2, 0.25) is 0 Å². The topological polar surface area (TPSA) is 75.5 Å². The zero-order valence-electron chi connectivity index (χ0n) is 11.1. The van der Waals surface area contributed by atoms with Crippen LogP contribution < -0.4 is 10.2 Å². The third-order valence-electron chi connectivity index (χ3n) is 2.52. The summed E-state index contributed by atoms with van der Waals surface area (Å²) in [7, 11) is -1.45. The van der Waals surface area contributed by atoms with Gasteiger partial charge in [0.2, 0.25) is 0 Å². The molecule has 0 bridgehead atoms. The van der Waals surface area contributed by atoms with Gasteiger partial charge in [-0.05, 0) is 30.1 Å². The molecule has 0 aliphatic carbocycles. The lowest BCUT2D eigenvalue weighted by molar-refractivity contribution is 0.344. The molecule has 0 atom stereocenters. The number of benzene rings is 1. The van der Waals surface area contributed by atoms with Crippen molar-refractivity contribution in [1.82, 2.24) is 9.97 Å². The minimum atomic E-state index is -1.45. The van der Waals surface area contributed by atoms with Gasteiger partial charge in [-0.25, -0.2) is 9.97 Å². The van der Waals surface area contributed by atoms with Gasteiger partial charge in [0.15, 0.2) is 5.16 Å². The van der Waals surface area contributed by atoms with E-state index in [1.165, 1.54) is 11.8 Å². The van der Waals surface area contributed by atoms with Gasteiger partial charge < -0.3 is 14.8 Å². The Bertz CT molecular complexity index is 534. The molecule has 1 aromatic heterocycles. The van der Waals surface area contributed by atoms with E-state index < -0.39 is 7.12 Å². The summed E-state index contributed by atoms with van der Waals surface area (Å²) in [6.45, 7) is 2.48. The monoisotopic (exact) mass is 290 g/mol. The van der Waals surface area contributed by atoms with Crippen molar-refractivity contribution in [2.75, 3.05) is 12.4 Å².